The van der Waals surface area contributed by atoms with E-state index in [4.69, 9.17) is 4.74 Å². The first-order chi connectivity index (χ1) is 12.9. The quantitative estimate of drug-likeness (QED) is 0.796. The predicted octanol–water partition coefficient (Wildman–Crippen LogP) is 2.56. The summed E-state index contributed by atoms with van der Waals surface area (Å²) in [6.45, 7) is 2.26. The average Bonchev–Trinajstić information content (AvgIpc) is 3.15. The highest BCUT2D eigenvalue weighted by molar-refractivity contribution is 7.90. The molecule has 2 aromatic rings. The van der Waals surface area contributed by atoms with Crippen molar-refractivity contribution in [2.45, 2.75) is 30.8 Å². The molecule has 0 fully saturated rings. The molecule has 8 heteroatoms. The lowest BCUT2D eigenvalue weighted by molar-refractivity contribution is -0.122. The monoisotopic (exact) mass is 387 g/mol. The summed E-state index contributed by atoms with van der Waals surface area (Å²) in [6.07, 6.45) is 0.718. The second-order valence-electron chi connectivity index (χ2n) is 6.13. The second kappa shape index (κ2) is 8.22. The maximum Gasteiger partial charge on any atom is 0.265 e. The molecule has 1 aliphatic rings. The van der Waals surface area contributed by atoms with Gasteiger partial charge < -0.3 is 10.1 Å². The van der Waals surface area contributed by atoms with Crippen molar-refractivity contribution < 1.29 is 17.9 Å². The van der Waals surface area contributed by atoms with Crippen LogP contribution >= 0.6 is 0 Å². The van der Waals surface area contributed by atoms with Gasteiger partial charge in [0.25, 0.3) is 15.9 Å². The highest BCUT2D eigenvalue weighted by Crippen LogP contribution is 2.17. The number of para-hydroxylation sites is 1. The summed E-state index contributed by atoms with van der Waals surface area (Å²) < 4.78 is 33.0. The Morgan fingerprint density at radius 1 is 1.15 bits per heavy atom. The summed E-state index contributed by atoms with van der Waals surface area (Å²) in [7, 11) is -3.73. The molecule has 0 saturated carbocycles. The van der Waals surface area contributed by atoms with Gasteiger partial charge in [-0.3, -0.25) is 14.5 Å². The standard InChI is InChI=1S/C19H21N3O4S/c1-14(26-16-8-3-2-4-9-16)19(23)21-15-7-5-10-17(13-15)27(24,25)22-18-11-6-12-20-18/h2-5,7-10,13-14H,6,11-12H2,1H3,(H,20,22)(H,21,23). The first-order valence-electron chi connectivity index (χ1n) is 8.63. The van der Waals surface area contributed by atoms with E-state index in [1.54, 1.807) is 31.2 Å². The topological polar surface area (TPSA) is 96.9 Å². The average molecular weight is 387 g/mol. The molecule has 0 radical (unpaired) electrons. The molecular weight excluding hydrogens is 366 g/mol. The van der Waals surface area contributed by atoms with Gasteiger partial charge in [-0.1, -0.05) is 24.3 Å². The van der Waals surface area contributed by atoms with Crippen LogP contribution in [0.15, 0.2) is 64.5 Å². The number of anilines is 1. The molecule has 142 valence electrons. The first-order valence-corrected chi connectivity index (χ1v) is 10.1. The van der Waals surface area contributed by atoms with E-state index in [0.29, 0.717) is 30.2 Å². The summed E-state index contributed by atoms with van der Waals surface area (Å²) in [5.41, 5.74) is 0.375. The summed E-state index contributed by atoms with van der Waals surface area (Å²) in [5.74, 6) is 0.675. The van der Waals surface area contributed by atoms with Gasteiger partial charge >= 0.3 is 0 Å². The molecule has 2 aromatic carbocycles. The SMILES string of the molecule is CC(Oc1ccccc1)C(=O)Nc1cccc(S(=O)(=O)NC2=NCCC2)c1. The van der Waals surface area contributed by atoms with Crippen LogP contribution in [0.25, 0.3) is 0 Å². The van der Waals surface area contributed by atoms with Crippen LogP contribution < -0.4 is 14.8 Å². The number of hydrogen-bond acceptors (Lipinski definition) is 5. The lowest BCUT2D eigenvalue weighted by Gasteiger charge is -2.15. The predicted molar refractivity (Wildman–Crippen MR) is 103 cm³/mol. The number of sulfonamides is 1. The van der Waals surface area contributed by atoms with E-state index in [9.17, 15) is 13.2 Å². The van der Waals surface area contributed by atoms with Crippen molar-refractivity contribution in [3.8, 4) is 5.75 Å². The summed E-state index contributed by atoms with van der Waals surface area (Å²) in [6, 6.07) is 15.1. The minimum atomic E-state index is -3.73. The van der Waals surface area contributed by atoms with Gasteiger partial charge in [0, 0.05) is 18.7 Å². The number of aliphatic imine (C=N–C) groups is 1. The summed E-state index contributed by atoms with van der Waals surface area (Å²) in [5, 5.41) is 2.68. The van der Waals surface area contributed by atoms with E-state index in [0.717, 1.165) is 6.42 Å². The molecular formula is C19H21N3O4S. The van der Waals surface area contributed by atoms with Crippen LogP contribution in [0.5, 0.6) is 5.75 Å². The van der Waals surface area contributed by atoms with Gasteiger partial charge in [-0.2, -0.15) is 0 Å². The van der Waals surface area contributed by atoms with Crippen LogP contribution in [0.1, 0.15) is 19.8 Å². The van der Waals surface area contributed by atoms with E-state index < -0.39 is 16.1 Å². The summed E-state index contributed by atoms with van der Waals surface area (Å²) >= 11 is 0. The molecule has 3 rings (SSSR count). The fourth-order valence-electron chi connectivity index (χ4n) is 2.58. The van der Waals surface area contributed by atoms with Gasteiger partial charge in [-0.25, -0.2) is 8.42 Å². The number of carbonyl (C=O) groups excluding carboxylic acids is 1. The highest BCUT2D eigenvalue weighted by atomic mass is 32.2. The van der Waals surface area contributed by atoms with E-state index in [1.807, 2.05) is 18.2 Å². The van der Waals surface area contributed by atoms with Crippen LogP contribution in [-0.4, -0.2) is 32.8 Å². The molecule has 0 bridgehead atoms. The van der Waals surface area contributed by atoms with Gasteiger partial charge in [0.2, 0.25) is 0 Å². The minimum Gasteiger partial charge on any atom is -0.481 e. The Morgan fingerprint density at radius 3 is 2.63 bits per heavy atom. The third-order valence-corrected chi connectivity index (χ3v) is 5.34. The normalized spacial score (nSPS) is 14.9. The lowest BCUT2D eigenvalue weighted by Crippen LogP contribution is -2.31. The smallest absolute Gasteiger partial charge is 0.265 e. The number of benzene rings is 2. The Kier molecular flexibility index (Phi) is 5.75. The Labute approximate surface area is 158 Å². The second-order valence-corrected chi connectivity index (χ2v) is 7.81. The van der Waals surface area contributed by atoms with Crippen LogP contribution in [0.2, 0.25) is 0 Å². The lowest BCUT2D eigenvalue weighted by atomic mass is 10.3. The van der Waals surface area contributed by atoms with Gasteiger partial charge in [-0.05, 0) is 43.7 Å². The van der Waals surface area contributed by atoms with Crippen LogP contribution in [-0.2, 0) is 14.8 Å². The third-order valence-electron chi connectivity index (χ3n) is 3.96. The molecule has 0 aliphatic carbocycles. The van der Waals surface area contributed by atoms with Crippen molar-refractivity contribution in [3.63, 3.8) is 0 Å². The van der Waals surface area contributed by atoms with Gasteiger partial charge in [0.1, 0.15) is 11.6 Å². The van der Waals surface area contributed by atoms with Gasteiger partial charge in [0.15, 0.2) is 6.10 Å². The number of amidine groups is 1. The highest BCUT2D eigenvalue weighted by Gasteiger charge is 2.20. The largest absolute Gasteiger partial charge is 0.481 e. The van der Waals surface area contributed by atoms with Gasteiger partial charge in [0.05, 0.1) is 4.90 Å². The van der Waals surface area contributed by atoms with Gasteiger partial charge in [-0.15, -0.1) is 0 Å². The van der Waals surface area contributed by atoms with Crippen LogP contribution in [0, 0.1) is 0 Å². The summed E-state index contributed by atoms with van der Waals surface area (Å²) in [4.78, 5) is 16.5. The van der Waals surface area contributed by atoms with Crippen LogP contribution in [0.4, 0.5) is 5.69 Å². The molecule has 0 saturated heterocycles. The van der Waals surface area contributed by atoms with Crippen molar-refractivity contribution in [1.82, 2.24) is 4.72 Å². The number of nitrogens with one attached hydrogen (secondary N) is 2. The number of rotatable bonds is 6. The van der Waals surface area contributed by atoms with Crippen molar-refractivity contribution in [3.05, 3.63) is 54.6 Å². The Morgan fingerprint density at radius 2 is 1.93 bits per heavy atom. The van der Waals surface area contributed by atoms with Crippen LogP contribution in [0.3, 0.4) is 0 Å². The van der Waals surface area contributed by atoms with Crippen molar-refractivity contribution in [1.29, 1.82) is 0 Å². The van der Waals surface area contributed by atoms with E-state index >= 15 is 0 Å². The molecule has 27 heavy (non-hydrogen) atoms. The molecule has 1 atom stereocenters. The zero-order valence-corrected chi connectivity index (χ0v) is 15.7. The fourth-order valence-corrected chi connectivity index (χ4v) is 3.71. The first kappa shape index (κ1) is 18.9. The van der Waals surface area contributed by atoms with E-state index in [-0.39, 0.29) is 10.8 Å². The number of nitrogens with zero attached hydrogens (tertiary/aromatic N) is 1. The molecule has 2 N–H and O–H groups in total. The van der Waals surface area contributed by atoms with E-state index in [2.05, 4.69) is 15.0 Å². The Balaban J connectivity index is 1.67. The number of amides is 1. The zero-order valence-electron chi connectivity index (χ0n) is 14.9. The zero-order chi connectivity index (χ0) is 19.3. The number of carbonyl (C=O) groups is 1. The van der Waals surface area contributed by atoms with Crippen molar-refractivity contribution in [2.75, 3.05) is 11.9 Å². The molecule has 0 spiro atoms. The number of ether oxygens (including phenoxy) is 1. The Bertz CT molecular complexity index is 942. The molecule has 0 aromatic heterocycles. The fraction of sp³-hybridized carbons (Fsp3) is 0.263. The molecule has 1 heterocycles. The van der Waals surface area contributed by atoms with E-state index in [1.165, 1.54) is 12.1 Å². The third kappa shape index (κ3) is 5.07. The van der Waals surface area contributed by atoms with Crippen molar-refractivity contribution >= 4 is 27.5 Å². The maximum absolute atomic E-state index is 12.5. The molecule has 1 aliphatic heterocycles. The molecule has 7 nitrogen and oxygen atoms in total. The maximum atomic E-state index is 12.5. The molecule has 1 amide bonds. The van der Waals surface area contributed by atoms with Crippen molar-refractivity contribution in [2.24, 2.45) is 4.99 Å². The number of hydrogen-bond donors (Lipinski definition) is 2. The minimum absolute atomic E-state index is 0.0616. The Hall–Kier alpha value is -2.87. The molecule has 1 unspecified atom stereocenters.